The molecule has 0 aromatic heterocycles. The van der Waals surface area contributed by atoms with Gasteiger partial charge in [0.25, 0.3) is 0 Å². The summed E-state index contributed by atoms with van der Waals surface area (Å²) in [6.45, 7) is 0. The molecular formula is C16H12F6O2. The number of hydrogen-bond acceptors (Lipinski definition) is 2. The number of ether oxygens (including phenoxy) is 2. The third kappa shape index (κ3) is 3.58. The van der Waals surface area contributed by atoms with E-state index in [0.29, 0.717) is 12.1 Å². The van der Waals surface area contributed by atoms with E-state index in [1.165, 1.54) is 32.4 Å². The Balaban J connectivity index is 2.80. The van der Waals surface area contributed by atoms with Gasteiger partial charge in [-0.25, -0.2) is 0 Å². The summed E-state index contributed by atoms with van der Waals surface area (Å²) < 4.78 is 88.0. The summed E-state index contributed by atoms with van der Waals surface area (Å²) in [6.07, 6.45) is -9.85. The quantitative estimate of drug-likeness (QED) is 0.689. The highest BCUT2D eigenvalue weighted by Gasteiger charge is 2.37. The van der Waals surface area contributed by atoms with Gasteiger partial charge in [-0.15, -0.1) is 0 Å². The third-order valence-electron chi connectivity index (χ3n) is 3.30. The second kappa shape index (κ2) is 6.26. The van der Waals surface area contributed by atoms with Gasteiger partial charge in [-0.1, -0.05) is 6.07 Å². The standard InChI is InChI=1S/C16H12F6O2/c1-23-12-4-3-5-13(24-2)14(12)9-6-10(15(17,18)19)8-11(7-9)16(20,21)22/h3-8H,1-2H3. The maximum atomic E-state index is 13.0. The molecule has 130 valence electrons. The van der Waals surface area contributed by atoms with E-state index in [0.717, 1.165) is 0 Å². The van der Waals surface area contributed by atoms with Crippen LogP contribution in [0.15, 0.2) is 36.4 Å². The highest BCUT2D eigenvalue weighted by molar-refractivity contribution is 5.78. The normalized spacial score (nSPS) is 12.2. The van der Waals surface area contributed by atoms with Gasteiger partial charge < -0.3 is 9.47 Å². The molecule has 0 bridgehead atoms. The van der Waals surface area contributed by atoms with Crippen LogP contribution < -0.4 is 9.47 Å². The number of benzene rings is 2. The van der Waals surface area contributed by atoms with Crippen LogP contribution in [0.1, 0.15) is 11.1 Å². The van der Waals surface area contributed by atoms with Crippen LogP contribution in [0.3, 0.4) is 0 Å². The highest BCUT2D eigenvalue weighted by atomic mass is 19.4. The summed E-state index contributed by atoms with van der Waals surface area (Å²) in [5, 5.41) is 0. The van der Waals surface area contributed by atoms with Crippen LogP contribution in [0, 0.1) is 0 Å². The number of halogens is 6. The van der Waals surface area contributed by atoms with Crippen molar-refractivity contribution in [2.45, 2.75) is 12.4 Å². The molecule has 8 heteroatoms. The predicted octanol–water partition coefficient (Wildman–Crippen LogP) is 5.41. The van der Waals surface area contributed by atoms with E-state index < -0.39 is 23.5 Å². The average molecular weight is 350 g/mol. The van der Waals surface area contributed by atoms with E-state index in [1.54, 1.807) is 0 Å². The molecule has 0 saturated heterocycles. The molecule has 2 nitrogen and oxygen atoms in total. The van der Waals surface area contributed by atoms with Crippen molar-refractivity contribution in [2.24, 2.45) is 0 Å². The average Bonchev–Trinajstić information content (AvgIpc) is 2.51. The van der Waals surface area contributed by atoms with Gasteiger partial charge in [0.1, 0.15) is 11.5 Å². The van der Waals surface area contributed by atoms with Crippen LogP contribution in [0.2, 0.25) is 0 Å². The van der Waals surface area contributed by atoms with Crippen LogP contribution >= 0.6 is 0 Å². The number of alkyl halides is 6. The first-order valence-electron chi connectivity index (χ1n) is 6.58. The van der Waals surface area contributed by atoms with Crippen molar-refractivity contribution in [2.75, 3.05) is 14.2 Å². The molecule has 0 radical (unpaired) electrons. The molecule has 0 saturated carbocycles. The van der Waals surface area contributed by atoms with Crippen molar-refractivity contribution in [3.8, 4) is 22.6 Å². The molecule has 0 atom stereocenters. The molecular weight excluding hydrogens is 338 g/mol. The number of rotatable bonds is 3. The summed E-state index contributed by atoms with van der Waals surface area (Å²) >= 11 is 0. The van der Waals surface area contributed by atoms with Crippen molar-refractivity contribution in [3.05, 3.63) is 47.5 Å². The Labute approximate surface area is 133 Å². The molecule has 0 heterocycles. The predicted molar refractivity (Wildman–Crippen MR) is 75.0 cm³/mol. The first kappa shape index (κ1) is 18.0. The summed E-state index contributed by atoms with van der Waals surface area (Å²) in [5.74, 6) is 0.198. The van der Waals surface area contributed by atoms with E-state index in [9.17, 15) is 26.3 Å². The Bertz CT molecular complexity index is 680. The molecule has 0 fully saturated rings. The third-order valence-corrected chi connectivity index (χ3v) is 3.30. The second-order valence-corrected chi connectivity index (χ2v) is 4.83. The van der Waals surface area contributed by atoms with Crippen LogP contribution in [0.4, 0.5) is 26.3 Å². The van der Waals surface area contributed by atoms with Crippen molar-refractivity contribution >= 4 is 0 Å². The first-order chi connectivity index (χ1) is 11.1. The van der Waals surface area contributed by atoms with Gasteiger partial charge in [-0.05, 0) is 35.9 Å². The SMILES string of the molecule is COc1cccc(OC)c1-c1cc(C(F)(F)F)cc(C(F)(F)F)c1. The Morgan fingerprint density at radius 1 is 0.708 bits per heavy atom. The van der Waals surface area contributed by atoms with Crippen LogP contribution in [0.5, 0.6) is 11.5 Å². The molecule has 0 aliphatic carbocycles. The van der Waals surface area contributed by atoms with E-state index in [2.05, 4.69) is 0 Å². The summed E-state index contributed by atoms with van der Waals surface area (Å²) in [6, 6.07) is 5.70. The van der Waals surface area contributed by atoms with Crippen molar-refractivity contribution in [3.63, 3.8) is 0 Å². The molecule has 2 rings (SSSR count). The Morgan fingerprint density at radius 2 is 1.12 bits per heavy atom. The zero-order valence-electron chi connectivity index (χ0n) is 12.5. The van der Waals surface area contributed by atoms with Crippen LogP contribution in [0.25, 0.3) is 11.1 Å². The maximum Gasteiger partial charge on any atom is 0.416 e. The van der Waals surface area contributed by atoms with Gasteiger partial charge in [-0.3, -0.25) is 0 Å². The summed E-state index contributed by atoms with van der Waals surface area (Å²) in [7, 11) is 2.52. The van der Waals surface area contributed by atoms with E-state index in [4.69, 9.17) is 9.47 Å². The number of hydrogen-bond donors (Lipinski definition) is 0. The fourth-order valence-electron chi connectivity index (χ4n) is 2.23. The Morgan fingerprint density at radius 3 is 1.46 bits per heavy atom. The van der Waals surface area contributed by atoms with Gasteiger partial charge in [0.15, 0.2) is 0 Å². The molecule has 2 aromatic rings. The lowest BCUT2D eigenvalue weighted by molar-refractivity contribution is -0.143. The Hall–Kier alpha value is -2.38. The molecule has 24 heavy (non-hydrogen) atoms. The van der Waals surface area contributed by atoms with E-state index >= 15 is 0 Å². The first-order valence-corrected chi connectivity index (χ1v) is 6.58. The minimum atomic E-state index is -4.93. The topological polar surface area (TPSA) is 18.5 Å². The lowest BCUT2D eigenvalue weighted by Gasteiger charge is -2.17. The summed E-state index contributed by atoms with van der Waals surface area (Å²) in [5.41, 5.74) is -3.09. The smallest absolute Gasteiger partial charge is 0.416 e. The zero-order valence-corrected chi connectivity index (χ0v) is 12.5. The lowest BCUT2D eigenvalue weighted by Crippen LogP contribution is -2.11. The Kier molecular flexibility index (Phi) is 4.68. The van der Waals surface area contributed by atoms with Gasteiger partial charge in [0.2, 0.25) is 0 Å². The van der Waals surface area contributed by atoms with Gasteiger partial charge in [0, 0.05) is 0 Å². The van der Waals surface area contributed by atoms with Crippen molar-refractivity contribution in [1.82, 2.24) is 0 Å². The minimum Gasteiger partial charge on any atom is -0.496 e. The largest absolute Gasteiger partial charge is 0.496 e. The van der Waals surface area contributed by atoms with Crippen LogP contribution in [-0.2, 0) is 12.4 Å². The van der Waals surface area contributed by atoms with Gasteiger partial charge in [0.05, 0.1) is 30.9 Å². The maximum absolute atomic E-state index is 13.0. The fourth-order valence-corrected chi connectivity index (χ4v) is 2.23. The lowest BCUT2D eigenvalue weighted by atomic mass is 9.97. The van der Waals surface area contributed by atoms with Crippen LogP contribution in [-0.4, -0.2) is 14.2 Å². The van der Waals surface area contributed by atoms with Gasteiger partial charge >= 0.3 is 12.4 Å². The van der Waals surface area contributed by atoms with Gasteiger partial charge in [-0.2, -0.15) is 26.3 Å². The number of methoxy groups -OCH3 is 2. The molecule has 0 unspecified atom stereocenters. The molecule has 2 aromatic carbocycles. The molecule has 0 amide bonds. The van der Waals surface area contributed by atoms with E-state index in [1.807, 2.05) is 0 Å². The molecule has 0 spiro atoms. The molecule has 0 N–H and O–H groups in total. The highest BCUT2D eigenvalue weighted by Crippen LogP contribution is 2.43. The summed E-state index contributed by atoms with van der Waals surface area (Å²) in [4.78, 5) is 0. The van der Waals surface area contributed by atoms with Crippen molar-refractivity contribution in [1.29, 1.82) is 0 Å². The minimum absolute atomic E-state index is 0.0131. The molecule has 0 aliphatic heterocycles. The molecule has 0 aliphatic rings. The fraction of sp³-hybridized carbons (Fsp3) is 0.250. The van der Waals surface area contributed by atoms with E-state index in [-0.39, 0.29) is 28.7 Å². The zero-order chi connectivity index (χ0) is 18.1. The monoisotopic (exact) mass is 350 g/mol. The van der Waals surface area contributed by atoms with Crippen molar-refractivity contribution < 1.29 is 35.8 Å². The second-order valence-electron chi connectivity index (χ2n) is 4.83.